The van der Waals surface area contributed by atoms with Gasteiger partial charge >= 0.3 is 0 Å². The van der Waals surface area contributed by atoms with E-state index in [2.05, 4.69) is 33.9 Å². The fourth-order valence-corrected chi connectivity index (χ4v) is 4.77. The molecule has 140 valence electrons. The number of sulfonamides is 1. The summed E-state index contributed by atoms with van der Waals surface area (Å²) in [5.41, 5.74) is 2.19. The molecule has 4 nitrogen and oxygen atoms in total. The predicted octanol–water partition coefficient (Wildman–Crippen LogP) is 3.06. The summed E-state index contributed by atoms with van der Waals surface area (Å²) in [5, 5.41) is 0. The molecule has 0 bridgehead atoms. The van der Waals surface area contributed by atoms with E-state index in [-0.39, 0.29) is 5.75 Å². The smallest absolute Gasteiger partial charge is 0.215 e. The summed E-state index contributed by atoms with van der Waals surface area (Å²) in [4.78, 5) is 2.46. The third-order valence-corrected chi connectivity index (χ3v) is 6.27. The minimum absolute atomic E-state index is 0.0539. The van der Waals surface area contributed by atoms with Gasteiger partial charge in [0.1, 0.15) is 0 Å². The molecule has 0 spiro atoms. The van der Waals surface area contributed by atoms with Gasteiger partial charge in [0, 0.05) is 19.6 Å². The van der Waals surface area contributed by atoms with Gasteiger partial charge in [0.25, 0.3) is 0 Å². The maximum absolute atomic E-state index is 12.3. The van der Waals surface area contributed by atoms with Crippen LogP contribution in [0.3, 0.4) is 0 Å². The van der Waals surface area contributed by atoms with Crippen molar-refractivity contribution in [3.05, 3.63) is 71.8 Å². The third-order valence-electron chi connectivity index (χ3n) is 4.95. The summed E-state index contributed by atoms with van der Waals surface area (Å²) < 4.78 is 27.4. The average Bonchev–Trinajstić information content (AvgIpc) is 2.67. The van der Waals surface area contributed by atoms with Crippen molar-refractivity contribution < 1.29 is 8.42 Å². The zero-order chi connectivity index (χ0) is 18.2. The number of piperidine rings is 1. The van der Waals surface area contributed by atoms with E-state index in [1.165, 1.54) is 5.56 Å². The van der Waals surface area contributed by atoms with E-state index >= 15 is 0 Å². The maximum atomic E-state index is 12.3. The van der Waals surface area contributed by atoms with Crippen LogP contribution < -0.4 is 4.72 Å². The van der Waals surface area contributed by atoms with Gasteiger partial charge in [-0.2, -0.15) is 0 Å². The van der Waals surface area contributed by atoms with E-state index < -0.39 is 10.0 Å². The molecular formula is C21H28N2O2S. The number of nitrogens with one attached hydrogen (secondary N) is 1. The van der Waals surface area contributed by atoms with Crippen molar-refractivity contribution in [2.45, 2.75) is 25.0 Å². The minimum atomic E-state index is -3.28. The molecule has 1 heterocycles. The van der Waals surface area contributed by atoms with E-state index in [9.17, 15) is 8.42 Å². The lowest BCUT2D eigenvalue weighted by Crippen LogP contribution is -2.41. The fraction of sp³-hybridized carbons (Fsp3) is 0.429. The highest BCUT2D eigenvalue weighted by molar-refractivity contribution is 7.88. The Kier molecular flexibility index (Phi) is 6.83. The summed E-state index contributed by atoms with van der Waals surface area (Å²) in [7, 11) is -3.28. The van der Waals surface area contributed by atoms with Gasteiger partial charge in [0.15, 0.2) is 0 Å². The molecule has 1 saturated heterocycles. The van der Waals surface area contributed by atoms with E-state index in [4.69, 9.17) is 0 Å². The van der Waals surface area contributed by atoms with Gasteiger partial charge in [-0.05, 0) is 42.9 Å². The van der Waals surface area contributed by atoms with E-state index in [0.717, 1.165) is 44.5 Å². The molecule has 2 aromatic rings. The first kappa shape index (κ1) is 19.1. The van der Waals surface area contributed by atoms with Crippen LogP contribution in [0.15, 0.2) is 60.7 Å². The van der Waals surface area contributed by atoms with Crippen molar-refractivity contribution in [3.8, 4) is 0 Å². The van der Waals surface area contributed by atoms with Crippen molar-refractivity contribution in [3.63, 3.8) is 0 Å². The summed E-state index contributed by atoms with van der Waals surface area (Å²) in [6.07, 6.45) is 3.28. The number of benzene rings is 2. The first-order valence-corrected chi connectivity index (χ1v) is 11.0. The normalized spacial score (nSPS) is 18.7. The standard InChI is InChI=1S/C21H28N2O2S/c24-26(25,18-20-10-5-2-6-11-20)22-16-21-12-7-14-23(17-21)15-13-19-8-3-1-4-9-19/h1-6,8-11,21-22H,7,12-18H2/t21-/m0/s1. The maximum Gasteiger partial charge on any atom is 0.215 e. The van der Waals surface area contributed by atoms with E-state index in [1.54, 1.807) is 0 Å². The van der Waals surface area contributed by atoms with Crippen LogP contribution in [0.5, 0.6) is 0 Å². The number of likely N-dealkylation sites (tertiary alicyclic amines) is 1. The lowest BCUT2D eigenvalue weighted by molar-refractivity contribution is 0.178. The molecule has 26 heavy (non-hydrogen) atoms. The number of hydrogen-bond acceptors (Lipinski definition) is 3. The average molecular weight is 373 g/mol. The van der Waals surface area contributed by atoms with Crippen LogP contribution in [0.4, 0.5) is 0 Å². The molecule has 1 atom stereocenters. The third kappa shape index (κ3) is 6.24. The Hall–Kier alpha value is -1.69. The second-order valence-corrected chi connectivity index (χ2v) is 8.94. The van der Waals surface area contributed by atoms with Crippen LogP contribution >= 0.6 is 0 Å². The molecule has 2 aromatic carbocycles. The quantitative estimate of drug-likeness (QED) is 0.775. The van der Waals surface area contributed by atoms with Gasteiger partial charge in [0.2, 0.25) is 10.0 Å². The monoisotopic (exact) mass is 372 g/mol. The van der Waals surface area contributed by atoms with Crippen molar-refractivity contribution in [2.24, 2.45) is 5.92 Å². The molecule has 0 saturated carbocycles. The minimum Gasteiger partial charge on any atom is -0.303 e. The van der Waals surface area contributed by atoms with Gasteiger partial charge in [0.05, 0.1) is 5.75 Å². The lowest BCUT2D eigenvalue weighted by Gasteiger charge is -2.32. The van der Waals surface area contributed by atoms with Gasteiger partial charge in [-0.25, -0.2) is 13.1 Å². The van der Waals surface area contributed by atoms with Gasteiger partial charge < -0.3 is 4.90 Å². The van der Waals surface area contributed by atoms with Crippen LogP contribution in [-0.4, -0.2) is 39.5 Å². The van der Waals surface area contributed by atoms with E-state index in [1.807, 2.05) is 36.4 Å². The summed E-state index contributed by atoms with van der Waals surface area (Å²) in [6, 6.07) is 19.9. The molecule has 0 radical (unpaired) electrons. The van der Waals surface area contributed by atoms with Crippen molar-refractivity contribution in [1.82, 2.24) is 9.62 Å². The van der Waals surface area contributed by atoms with Crippen LogP contribution in [0.2, 0.25) is 0 Å². The number of hydrogen-bond donors (Lipinski definition) is 1. The van der Waals surface area contributed by atoms with Crippen LogP contribution in [0, 0.1) is 5.92 Å². The van der Waals surface area contributed by atoms with Crippen molar-refractivity contribution in [1.29, 1.82) is 0 Å². The second kappa shape index (κ2) is 9.31. The zero-order valence-electron chi connectivity index (χ0n) is 15.2. The fourth-order valence-electron chi connectivity index (χ4n) is 3.54. The van der Waals surface area contributed by atoms with Crippen LogP contribution in [0.1, 0.15) is 24.0 Å². The molecular weight excluding hydrogens is 344 g/mol. The molecule has 3 rings (SSSR count). The molecule has 5 heteroatoms. The van der Waals surface area contributed by atoms with Crippen molar-refractivity contribution in [2.75, 3.05) is 26.2 Å². The number of rotatable bonds is 8. The molecule has 1 aliphatic rings. The SMILES string of the molecule is O=S(=O)(Cc1ccccc1)NC[C@@H]1CCCN(CCc2ccccc2)C1. The Morgan fingerprint density at radius 2 is 1.62 bits per heavy atom. The second-order valence-electron chi connectivity index (χ2n) is 7.14. The predicted molar refractivity (Wildman–Crippen MR) is 106 cm³/mol. The molecule has 1 aliphatic heterocycles. The summed E-state index contributed by atoms with van der Waals surface area (Å²) >= 11 is 0. The topological polar surface area (TPSA) is 49.4 Å². The van der Waals surface area contributed by atoms with E-state index in [0.29, 0.717) is 12.5 Å². The first-order chi connectivity index (χ1) is 12.6. The highest BCUT2D eigenvalue weighted by Crippen LogP contribution is 2.17. The highest BCUT2D eigenvalue weighted by Gasteiger charge is 2.21. The zero-order valence-corrected chi connectivity index (χ0v) is 16.0. The summed E-state index contributed by atoms with van der Waals surface area (Å²) in [5.74, 6) is 0.447. The first-order valence-electron chi connectivity index (χ1n) is 9.38. The number of nitrogens with zero attached hydrogens (tertiary/aromatic N) is 1. The lowest BCUT2D eigenvalue weighted by atomic mass is 9.98. The molecule has 0 unspecified atom stereocenters. The molecule has 1 fully saturated rings. The molecule has 1 N–H and O–H groups in total. The Balaban J connectivity index is 1.44. The van der Waals surface area contributed by atoms with Gasteiger partial charge in [-0.3, -0.25) is 0 Å². The van der Waals surface area contributed by atoms with Crippen molar-refractivity contribution >= 4 is 10.0 Å². The van der Waals surface area contributed by atoms with Crippen LogP contribution in [-0.2, 0) is 22.2 Å². The largest absolute Gasteiger partial charge is 0.303 e. The van der Waals surface area contributed by atoms with Gasteiger partial charge in [-0.1, -0.05) is 60.7 Å². The van der Waals surface area contributed by atoms with Gasteiger partial charge in [-0.15, -0.1) is 0 Å². The Bertz CT molecular complexity index is 763. The summed E-state index contributed by atoms with van der Waals surface area (Å²) in [6.45, 7) is 3.66. The highest BCUT2D eigenvalue weighted by atomic mass is 32.2. The molecule has 0 aromatic heterocycles. The molecule has 0 aliphatic carbocycles. The van der Waals surface area contributed by atoms with Crippen LogP contribution in [0.25, 0.3) is 0 Å². The molecule has 0 amide bonds. The Morgan fingerprint density at radius 3 is 2.31 bits per heavy atom. The Labute approximate surface area is 157 Å². The Morgan fingerprint density at radius 1 is 0.962 bits per heavy atom.